The zero-order valence-electron chi connectivity index (χ0n) is 21.9. The van der Waals surface area contributed by atoms with Gasteiger partial charge in [-0.05, 0) is 38.5 Å². The van der Waals surface area contributed by atoms with Crippen LogP contribution >= 0.6 is 0 Å². The molecule has 1 fully saturated rings. The van der Waals surface area contributed by atoms with E-state index in [1.807, 2.05) is 0 Å². The molecule has 1 saturated heterocycles. The first-order valence-corrected chi connectivity index (χ1v) is 12.8. The highest BCUT2D eigenvalue weighted by molar-refractivity contribution is 6.06. The second kappa shape index (κ2) is 18.5. The predicted octanol–water partition coefficient (Wildman–Crippen LogP) is 3.09. The van der Waals surface area contributed by atoms with E-state index in [4.69, 9.17) is 14.2 Å². The van der Waals surface area contributed by atoms with Gasteiger partial charge in [0.15, 0.2) is 0 Å². The number of imide groups is 2. The van der Waals surface area contributed by atoms with Crippen LogP contribution < -0.4 is 0 Å². The van der Waals surface area contributed by atoms with Gasteiger partial charge in [0.25, 0.3) is 0 Å². The third-order valence-electron chi connectivity index (χ3n) is 5.78. The van der Waals surface area contributed by atoms with E-state index in [0.29, 0.717) is 44.9 Å². The van der Waals surface area contributed by atoms with Crippen LogP contribution in [-0.2, 0) is 38.2 Å². The van der Waals surface area contributed by atoms with Crippen molar-refractivity contribution in [1.29, 1.82) is 0 Å². The fraction of sp³-hybridized carbons (Fsp3) is 0.556. The van der Waals surface area contributed by atoms with E-state index in [1.54, 1.807) is 0 Å². The van der Waals surface area contributed by atoms with Gasteiger partial charge in [-0.1, -0.05) is 32.6 Å². The molecule has 1 aliphatic rings. The lowest BCUT2D eigenvalue weighted by Gasteiger charge is -2.25. The molecular weight excluding hydrogens is 496 g/mol. The van der Waals surface area contributed by atoms with Crippen LogP contribution in [0.5, 0.6) is 0 Å². The Balaban J connectivity index is 2.74. The number of hydrogen-bond donors (Lipinski definition) is 0. The number of amides is 4. The van der Waals surface area contributed by atoms with Crippen LogP contribution in [0.4, 0.5) is 4.79 Å². The van der Waals surface area contributed by atoms with Crippen molar-refractivity contribution in [3.05, 3.63) is 38.0 Å². The summed E-state index contributed by atoms with van der Waals surface area (Å²) in [4.78, 5) is 75.1. The van der Waals surface area contributed by atoms with Crippen molar-refractivity contribution in [3.8, 4) is 0 Å². The zero-order chi connectivity index (χ0) is 28.3. The first kappa shape index (κ1) is 32.3. The van der Waals surface area contributed by atoms with Crippen LogP contribution in [-0.4, -0.2) is 78.5 Å². The maximum absolute atomic E-state index is 13.3. The van der Waals surface area contributed by atoms with Gasteiger partial charge in [-0.3, -0.25) is 19.4 Å². The molecule has 11 nitrogen and oxygen atoms in total. The van der Waals surface area contributed by atoms with Crippen molar-refractivity contribution in [2.45, 2.75) is 57.8 Å². The highest BCUT2D eigenvalue weighted by atomic mass is 16.5. The number of carbonyl (C=O) groups excluding carboxylic acids is 6. The third-order valence-corrected chi connectivity index (χ3v) is 5.78. The van der Waals surface area contributed by atoms with Gasteiger partial charge in [0.2, 0.25) is 11.8 Å². The lowest BCUT2D eigenvalue weighted by Crippen LogP contribution is -2.47. The molecule has 0 saturated carbocycles. The van der Waals surface area contributed by atoms with E-state index in [1.165, 1.54) is 0 Å². The number of rotatable bonds is 19. The molecule has 0 N–H and O–H groups in total. The number of carbonyl (C=O) groups is 6. The smallest absolute Gasteiger partial charge is 0.333 e. The maximum atomic E-state index is 13.3. The molecule has 0 aromatic heterocycles. The Bertz CT molecular complexity index is 884. The third kappa shape index (κ3) is 12.0. The lowest BCUT2D eigenvalue weighted by molar-refractivity contribution is -0.139. The van der Waals surface area contributed by atoms with Crippen molar-refractivity contribution in [2.24, 2.45) is 5.92 Å². The molecule has 0 aromatic carbocycles. The Kier molecular flexibility index (Phi) is 15.7. The Hall–Kier alpha value is -3.76. The number of esters is 3. The van der Waals surface area contributed by atoms with Gasteiger partial charge in [-0.2, -0.15) is 0 Å². The number of ether oxygens (including phenoxy) is 3. The van der Waals surface area contributed by atoms with Crippen LogP contribution in [0, 0.1) is 5.92 Å². The molecule has 11 heteroatoms. The standard InChI is InChI=1S/C27H38N2O9/c1-4-23(31)36-17-11-7-9-14-21-20-22(30)28(15-10-8-12-18-37-24(32)5-2)27(35)29(26(21)34)16-13-19-38-25(33)6-3/h4-6,21H,1-3,7-20H2. The molecule has 1 aliphatic heterocycles. The summed E-state index contributed by atoms with van der Waals surface area (Å²) in [7, 11) is 0. The average Bonchev–Trinajstić information content (AvgIpc) is 2.99. The van der Waals surface area contributed by atoms with Gasteiger partial charge in [-0.25, -0.2) is 19.2 Å². The minimum Gasteiger partial charge on any atom is -0.463 e. The molecule has 0 aliphatic carbocycles. The summed E-state index contributed by atoms with van der Waals surface area (Å²) in [6, 6.07) is -0.688. The Labute approximate surface area is 223 Å². The Morgan fingerprint density at radius 1 is 0.684 bits per heavy atom. The molecule has 1 rings (SSSR count). The van der Waals surface area contributed by atoms with Gasteiger partial charge >= 0.3 is 23.9 Å². The van der Waals surface area contributed by atoms with E-state index in [-0.39, 0.29) is 45.8 Å². The summed E-state index contributed by atoms with van der Waals surface area (Å²) in [6.45, 7) is 10.5. The van der Waals surface area contributed by atoms with Gasteiger partial charge in [-0.15, -0.1) is 0 Å². The van der Waals surface area contributed by atoms with Gasteiger partial charge in [0, 0.05) is 43.7 Å². The van der Waals surface area contributed by atoms with E-state index in [0.717, 1.165) is 28.0 Å². The second-order valence-corrected chi connectivity index (χ2v) is 8.60. The SMILES string of the molecule is C=CC(=O)OCCCCCC1CC(=O)N(CCCCCOC(=O)C=C)C(=O)N(CCCOC(=O)C=C)C1=O. The molecule has 0 radical (unpaired) electrons. The molecule has 4 amide bonds. The van der Waals surface area contributed by atoms with Crippen LogP contribution in [0.2, 0.25) is 0 Å². The average molecular weight is 535 g/mol. The molecule has 1 heterocycles. The topological polar surface area (TPSA) is 137 Å². The number of urea groups is 1. The van der Waals surface area contributed by atoms with E-state index in [9.17, 15) is 28.8 Å². The highest BCUT2D eigenvalue weighted by Gasteiger charge is 2.39. The van der Waals surface area contributed by atoms with Crippen LogP contribution in [0.25, 0.3) is 0 Å². The first-order chi connectivity index (χ1) is 18.2. The number of unbranched alkanes of at least 4 members (excludes halogenated alkanes) is 4. The van der Waals surface area contributed by atoms with Crippen molar-refractivity contribution >= 4 is 35.8 Å². The molecule has 1 atom stereocenters. The Morgan fingerprint density at radius 2 is 1.16 bits per heavy atom. The van der Waals surface area contributed by atoms with E-state index >= 15 is 0 Å². The quantitative estimate of drug-likeness (QED) is 0.106. The van der Waals surface area contributed by atoms with Gasteiger partial charge in [0.1, 0.15) is 0 Å². The minimum absolute atomic E-state index is 0.00260. The first-order valence-electron chi connectivity index (χ1n) is 12.8. The number of nitrogens with zero attached hydrogens (tertiary/aromatic N) is 2. The maximum Gasteiger partial charge on any atom is 0.333 e. The normalized spacial score (nSPS) is 15.5. The number of hydrogen-bond acceptors (Lipinski definition) is 9. The monoisotopic (exact) mass is 534 g/mol. The molecule has 1 unspecified atom stereocenters. The lowest BCUT2D eigenvalue weighted by atomic mass is 9.96. The second-order valence-electron chi connectivity index (χ2n) is 8.60. The zero-order valence-corrected chi connectivity index (χ0v) is 21.9. The van der Waals surface area contributed by atoms with Crippen LogP contribution in [0.3, 0.4) is 0 Å². The van der Waals surface area contributed by atoms with E-state index in [2.05, 4.69) is 19.7 Å². The summed E-state index contributed by atoms with van der Waals surface area (Å²) in [5.41, 5.74) is 0. The summed E-state index contributed by atoms with van der Waals surface area (Å²) < 4.78 is 14.8. The highest BCUT2D eigenvalue weighted by Crippen LogP contribution is 2.24. The van der Waals surface area contributed by atoms with Crippen molar-refractivity contribution in [2.75, 3.05) is 32.9 Å². The summed E-state index contributed by atoms with van der Waals surface area (Å²) in [5.74, 6) is -3.14. The predicted molar refractivity (Wildman–Crippen MR) is 137 cm³/mol. The summed E-state index contributed by atoms with van der Waals surface area (Å²) >= 11 is 0. The summed E-state index contributed by atoms with van der Waals surface area (Å²) in [6.07, 6.45) is 7.24. The molecule has 210 valence electrons. The fourth-order valence-corrected chi connectivity index (χ4v) is 3.76. The van der Waals surface area contributed by atoms with Crippen molar-refractivity contribution < 1.29 is 43.0 Å². The van der Waals surface area contributed by atoms with Gasteiger partial charge < -0.3 is 14.2 Å². The molecule has 0 aromatic rings. The molecule has 38 heavy (non-hydrogen) atoms. The molecular formula is C27H38N2O9. The van der Waals surface area contributed by atoms with E-state index < -0.39 is 41.7 Å². The Morgan fingerprint density at radius 3 is 1.68 bits per heavy atom. The largest absolute Gasteiger partial charge is 0.463 e. The molecule has 0 bridgehead atoms. The summed E-state index contributed by atoms with van der Waals surface area (Å²) in [5, 5.41) is 0. The fourth-order valence-electron chi connectivity index (χ4n) is 3.76. The minimum atomic E-state index is -0.688. The van der Waals surface area contributed by atoms with Crippen LogP contribution in [0.1, 0.15) is 57.8 Å². The van der Waals surface area contributed by atoms with Crippen molar-refractivity contribution in [3.63, 3.8) is 0 Å². The van der Waals surface area contributed by atoms with Crippen LogP contribution in [0.15, 0.2) is 38.0 Å². The van der Waals surface area contributed by atoms with Crippen molar-refractivity contribution in [1.82, 2.24) is 9.80 Å². The van der Waals surface area contributed by atoms with Gasteiger partial charge in [0.05, 0.1) is 19.8 Å². The molecule has 0 spiro atoms.